The molecular formula is C16H18F2N2O. The molecule has 0 amide bonds. The number of aryl methyl sites for hydroxylation is 1. The Hall–Kier alpha value is -1.72. The van der Waals surface area contributed by atoms with E-state index in [0.29, 0.717) is 25.3 Å². The molecule has 1 aromatic heterocycles. The normalized spacial score (nSPS) is 19.9. The van der Waals surface area contributed by atoms with Crippen LogP contribution in [0.15, 0.2) is 36.5 Å². The quantitative estimate of drug-likeness (QED) is 0.865. The van der Waals surface area contributed by atoms with Crippen molar-refractivity contribution in [3.05, 3.63) is 59.4 Å². The minimum absolute atomic E-state index is 0.0863. The molecule has 21 heavy (non-hydrogen) atoms. The number of ether oxygens (including phenoxy) is 1. The summed E-state index contributed by atoms with van der Waals surface area (Å²) in [4.78, 5) is 2.18. The molecule has 1 atom stereocenters. The molecule has 5 heteroatoms. The lowest BCUT2D eigenvalue weighted by Crippen LogP contribution is -2.39. The summed E-state index contributed by atoms with van der Waals surface area (Å²) in [7, 11) is 1.99. The Balaban J connectivity index is 1.83. The van der Waals surface area contributed by atoms with Crippen molar-refractivity contribution in [1.82, 2.24) is 9.47 Å². The summed E-state index contributed by atoms with van der Waals surface area (Å²) in [6.45, 7) is 2.39. The monoisotopic (exact) mass is 292 g/mol. The van der Waals surface area contributed by atoms with Crippen LogP contribution in [-0.2, 0) is 18.3 Å². The van der Waals surface area contributed by atoms with Gasteiger partial charge in [0.25, 0.3) is 0 Å². The zero-order valence-electron chi connectivity index (χ0n) is 11.9. The predicted octanol–water partition coefficient (Wildman–Crippen LogP) is 2.88. The zero-order chi connectivity index (χ0) is 14.8. The first-order chi connectivity index (χ1) is 10.1. The van der Waals surface area contributed by atoms with Gasteiger partial charge in [0, 0.05) is 43.7 Å². The maximum absolute atomic E-state index is 13.9. The first-order valence-electron chi connectivity index (χ1n) is 7.02. The van der Waals surface area contributed by atoms with Crippen molar-refractivity contribution < 1.29 is 13.5 Å². The van der Waals surface area contributed by atoms with Gasteiger partial charge < -0.3 is 9.30 Å². The number of morpholine rings is 1. The minimum atomic E-state index is -0.544. The third kappa shape index (κ3) is 2.99. The van der Waals surface area contributed by atoms with Crippen molar-refractivity contribution in [1.29, 1.82) is 0 Å². The predicted molar refractivity (Wildman–Crippen MR) is 75.7 cm³/mol. The Bertz CT molecular complexity index is 626. The first kappa shape index (κ1) is 14.2. The van der Waals surface area contributed by atoms with Crippen molar-refractivity contribution in [2.45, 2.75) is 12.6 Å². The topological polar surface area (TPSA) is 17.4 Å². The summed E-state index contributed by atoms with van der Waals surface area (Å²) in [6, 6.07) is 7.88. The van der Waals surface area contributed by atoms with Crippen LogP contribution >= 0.6 is 0 Å². The molecule has 2 heterocycles. The van der Waals surface area contributed by atoms with Gasteiger partial charge in [-0.3, -0.25) is 4.90 Å². The molecule has 1 aliphatic rings. The standard InChI is InChI=1S/C16H18F2N2O/c1-19-6-2-3-15(19)16-11-21-8-7-20(16)10-12-4-5-13(17)9-14(12)18/h2-6,9,16H,7-8,10-11H2,1H3/t16-/m1/s1. The molecule has 1 aromatic carbocycles. The average Bonchev–Trinajstić information content (AvgIpc) is 2.89. The molecule has 0 radical (unpaired) electrons. The molecule has 3 rings (SSSR count). The van der Waals surface area contributed by atoms with E-state index in [4.69, 9.17) is 4.74 Å². The zero-order valence-corrected chi connectivity index (χ0v) is 11.9. The molecule has 3 nitrogen and oxygen atoms in total. The summed E-state index contributed by atoms with van der Waals surface area (Å²) >= 11 is 0. The van der Waals surface area contributed by atoms with Crippen LogP contribution in [0.1, 0.15) is 17.3 Å². The fraction of sp³-hybridized carbons (Fsp3) is 0.375. The molecule has 0 spiro atoms. The van der Waals surface area contributed by atoms with Gasteiger partial charge in [0.1, 0.15) is 11.6 Å². The van der Waals surface area contributed by atoms with E-state index in [0.717, 1.165) is 18.3 Å². The van der Waals surface area contributed by atoms with E-state index in [9.17, 15) is 8.78 Å². The summed E-state index contributed by atoms with van der Waals surface area (Å²) in [5, 5.41) is 0. The average molecular weight is 292 g/mol. The summed E-state index contributed by atoms with van der Waals surface area (Å²) in [5.41, 5.74) is 1.65. The lowest BCUT2D eigenvalue weighted by Gasteiger charge is -2.36. The van der Waals surface area contributed by atoms with Gasteiger partial charge in [0.2, 0.25) is 0 Å². The highest BCUT2D eigenvalue weighted by Crippen LogP contribution is 2.26. The maximum atomic E-state index is 13.9. The van der Waals surface area contributed by atoms with Crippen LogP contribution in [0.5, 0.6) is 0 Å². The fourth-order valence-corrected chi connectivity index (χ4v) is 2.79. The summed E-state index contributed by atoms with van der Waals surface area (Å²) < 4.78 is 34.5. The number of halogens is 2. The second kappa shape index (κ2) is 5.95. The maximum Gasteiger partial charge on any atom is 0.130 e. The van der Waals surface area contributed by atoms with Crippen molar-refractivity contribution in [3.63, 3.8) is 0 Å². The van der Waals surface area contributed by atoms with Crippen LogP contribution in [0, 0.1) is 11.6 Å². The Morgan fingerprint density at radius 2 is 2.14 bits per heavy atom. The number of benzene rings is 1. The molecule has 0 unspecified atom stereocenters. The number of hydrogen-bond donors (Lipinski definition) is 0. The van der Waals surface area contributed by atoms with Crippen molar-refractivity contribution >= 4 is 0 Å². The second-order valence-corrected chi connectivity index (χ2v) is 5.34. The van der Waals surface area contributed by atoms with E-state index in [1.54, 1.807) is 0 Å². The van der Waals surface area contributed by atoms with E-state index >= 15 is 0 Å². The molecule has 1 saturated heterocycles. The van der Waals surface area contributed by atoms with Crippen LogP contribution < -0.4 is 0 Å². The number of rotatable bonds is 3. The van der Waals surface area contributed by atoms with Crippen LogP contribution in [0.3, 0.4) is 0 Å². The Morgan fingerprint density at radius 3 is 2.86 bits per heavy atom. The Morgan fingerprint density at radius 1 is 1.29 bits per heavy atom. The number of nitrogens with zero attached hydrogens (tertiary/aromatic N) is 2. The Labute approximate surface area is 122 Å². The highest BCUT2D eigenvalue weighted by molar-refractivity contribution is 5.20. The summed E-state index contributed by atoms with van der Waals surface area (Å²) in [5.74, 6) is -1.04. The highest BCUT2D eigenvalue weighted by Gasteiger charge is 2.26. The van der Waals surface area contributed by atoms with Gasteiger partial charge in [-0.1, -0.05) is 6.07 Å². The van der Waals surface area contributed by atoms with Gasteiger partial charge in [-0.05, 0) is 18.2 Å². The second-order valence-electron chi connectivity index (χ2n) is 5.34. The van der Waals surface area contributed by atoms with Crippen molar-refractivity contribution in [2.75, 3.05) is 19.8 Å². The minimum Gasteiger partial charge on any atom is -0.378 e. The molecule has 0 N–H and O–H groups in total. The molecule has 112 valence electrons. The van der Waals surface area contributed by atoms with Crippen LogP contribution in [0.25, 0.3) is 0 Å². The van der Waals surface area contributed by atoms with Crippen LogP contribution in [0.2, 0.25) is 0 Å². The van der Waals surface area contributed by atoms with Gasteiger partial charge in [-0.25, -0.2) is 8.78 Å². The third-order valence-electron chi connectivity index (χ3n) is 3.95. The third-order valence-corrected chi connectivity index (χ3v) is 3.95. The largest absolute Gasteiger partial charge is 0.378 e. The molecule has 0 bridgehead atoms. The molecule has 0 saturated carbocycles. The van der Waals surface area contributed by atoms with Crippen LogP contribution in [-0.4, -0.2) is 29.2 Å². The van der Waals surface area contributed by atoms with Crippen LogP contribution in [0.4, 0.5) is 8.78 Å². The van der Waals surface area contributed by atoms with E-state index < -0.39 is 11.6 Å². The van der Waals surface area contributed by atoms with Crippen molar-refractivity contribution in [3.8, 4) is 0 Å². The molecule has 0 aliphatic carbocycles. The van der Waals surface area contributed by atoms with E-state index in [-0.39, 0.29) is 6.04 Å². The first-order valence-corrected chi connectivity index (χ1v) is 7.02. The van der Waals surface area contributed by atoms with E-state index in [2.05, 4.69) is 4.90 Å². The Kier molecular flexibility index (Phi) is 4.03. The fourth-order valence-electron chi connectivity index (χ4n) is 2.79. The van der Waals surface area contributed by atoms with E-state index in [1.807, 2.05) is 29.9 Å². The van der Waals surface area contributed by atoms with Gasteiger partial charge in [0.05, 0.1) is 19.3 Å². The molecule has 1 fully saturated rings. The van der Waals surface area contributed by atoms with Gasteiger partial charge >= 0.3 is 0 Å². The molecular weight excluding hydrogens is 274 g/mol. The summed E-state index contributed by atoms with van der Waals surface area (Å²) in [6.07, 6.45) is 1.99. The SMILES string of the molecule is Cn1cccc1[C@H]1COCCN1Cc1ccc(F)cc1F. The highest BCUT2D eigenvalue weighted by atomic mass is 19.1. The molecule has 2 aromatic rings. The lowest BCUT2D eigenvalue weighted by atomic mass is 10.1. The van der Waals surface area contributed by atoms with Gasteiger partial charge in [0.15, 0.2) is 0 Å². The van der Waals surface area contributed by atoms with Crippen molar-refractivity contribution in [2.24, 2.45) is 7.05 Å². The number of aromatic nitrogens is 1. The number of hydrogen-bond acceptors (Lipinski definition) is 2. The molecule has 1 aliphatic heterocycles. The van der Waals surface area contributed by atoms with Gasteiger partial charge in [-0.15, -0.1) is 0 Å². The van der Waals surface area contributed by atoms with E-state index in [1.165, 1.54) is 12.1 Å². The smallest absolute Gasteiger partial charge is 0.130 e. The van der Waals surface area contributed by atoms with Gasteiger partial charge in [-0.2, -0.15) is 0 Å². The lowest BCUT2D eigenvalue weighted by molar-refractivity contribution is -0.0156.